The van der Waals surface area contributed by atoms with E-state index in [1.807, 2.05) is 37.3 Å². The van der Waals surface area contributed by atoms with Gasteiger partial charge in [-0.25, -0.2) is 0 Å². The van der Waals surface area contributed by atoms with Gasteiger partial charge in [-0.2, -0.15) is 0 Å². The van der Waals surface area contributed by atoms with Gasteiger partial charge in [-0.1, -0.05) is 30.3 Å². The highest BCUT2D eigenvalue weighted by Gasteiger charge is 1.99. The van der Waals surface area contributed by atoms with Crippen LogP contribution in [0.1, 0.15) is 18.9 Å². The Morgan fingerprint density at radius 3 is 2.71 bits per heavy atom. The highest BCUT2D eigenvalue weighted by atomic mass is 16.5. The maximum atomic E-state index is 11.6. The van der Waals surface area contributed by atoms with Crippen LogP contribution in [-0.4, -0.2) is 26.2 Å². The Kier molecular flexibility index (Phi) is 6.04. The summed E-state index contributed by atoms with van der Waals surface area (Å²) in [6.07, 6.45) is 2.46. The van der Waals surface area contributed by atoms with Gasteiger partial charge in [-0.15, -0.1) is 0 Å². The molecule has 1 aromatic rings. The lowest BCUT2D eigenvalue weighted by Gasteiger charge is -2.03. The van der Waals surface area contributed by atoms with E-state index in [0.717, 1.165) is 17.6 Å². The Balaban J connectivity index is 2.43. The fourth-order valence-corrected chi connectivity index (χ4v) is 1.46. The van der Waals surface area contributed by atoms with Gasteiger partial charge in [-0.05, 0) is 24.5 Å². The van der Waals surface area contributed by atoms with Crippen molar-refractivity contribution in [2.45, 2.75) is 13.3 Å². The molecule has 0 unspecified atom stereocenters. The van der Waals surface area contributed by atoms with E-state index >= 15 is 0 Å². The Hall–Kier alpha value is -1.61. The maximum absolute atomic E-state index is 11.6. The average Bonchev–Trinajstić information content (AvgIpc) is 2.36. The Bertz CT molecular complexity index is 371. The molecule has 3 nitrogen and oxygen atoms in total. The number of benzene rings is 1. The lowest BCUT2D eigenvalue weighted by molar-refractivity contribution is -0.116. The fraction of sp³-hybridized carbons (Fsp3) is 0.357. The quantitative estimate of drug-likeness (QED) is 0.604. The summed E-state index contributed by atoms with van der Waals surface area (Å²) >= 11 is 0. The molecule has 0 aliphatic rings. The van der Waals surface area contributed by atoms with Crippen molar-refractivity contribution in [3.05, 3.63) is 42.0 Å². The summed E-state index contributed by atoms with van der Waals surface area (Å²) in [5, 5.41) is 2.82. The molecule has 0 bridgehead atoms. The molecule has 0 fully saturated rings. The first-order chi connectivity index (χ1) is 8.24. The molecule has 0 aliphatic carbocycles. The summed E-state index contributed by atoms with van der Waals surface area (Å²) in [5.41, 5.74) is 2.04. The number of allylic oxidation sites excluding steroid dienone is 1. The van der Waals surface area contributed by atoms with Crippen molar-refractivity contribution in [1.82, 2.24) is 5.32 Å². The van der Waals surface area contributed by atoms with Gasteiger partial charge in [-0.3, -0.25) is 4.79 Å². The van der Waals surface area contributed by atoms with Crippen molar-refractivity contribution < 1.29 is 9.53 Å². The molecule has 0 aromatic heterocycles. The van der Waals surface area contributed by atoms with Gasteiger partial charge in [0, 0.05) is 26.3 Å². The van der Waals surface area contributed by atoms with Crippen LogP contribution in [0.3, 0.4) is 0 Å². The Morgan fingerprint density at radius 1 is 1.35 bits per heavy atom. The molecule has 0 saturated heterocycles. The van der Waals surface area contributed by atoms with Crippen LogP contribution >= 0.6 is 0 Å². The third kappa shape index (κ3) is 5.31. The summed E-state index contributed by atoms with van der Waals surface area (Å²) in [5.74, 6) is -0.0533. The number of carbonyl (C=O) groups excluding carboxylic acids is 1. The maximum Gasteiger partial charge on any atom is 0.244 e. The molecule has 0 aliphatic heterocycles. The largest absolute Gasteiger partial charge is 0.385 e. The van der Waals surface area contributed by atoms with E-state index < -0.39 is 0 Å². The van der Waals surface area contributed by atoms with Crippen LogP contribution in [0.15, 0.2) is 36.4 Å². The van der Waals surface area contributed by atoms with Gasteiger partial charge in [0.05, 0.1) is 0 Å². The van der Waals surface area contributed by atoms with E-state index in [9.17, 15) is 4.79 Å². The van der Waals surface area contributed by atoms with Crippen LogP contribution in [-0.2, 0) is 9.53 Å². The molecule has 1 rings (SSSR count). The third-order valence-corrected chi connectivity index (χ3v) is 2.40. The number of nitrogens with one attached hydrogen (secondary N) is 1. The zero-order chi connectivity index (χ0) is 12.5. The fourth-order valence-electron chi connectivity index (χ4n) is 1.46. The van der Waals surface area contributed by atoms with E-state index in [0.29, 0.717) is 13.2 Å². The molecule has 0 spiro atoms. The van der Waals surface area contributed by atoms with Crippen LogP contribution in [0.2, 0.25) is 0 Å². The van der Waals surface area contributed by atoms with E-state index in [2.05, 4.69) is 5.32 Å². The molecule has 1 aromatic carbocycles. The highest BCUT2D eigenvalue weighted by Crippen LogP contribution is 2.11. The van der Waals surface area contributed by atoms with Crippen LogP contribution in [0.25, 0.3) is 5.57 Å². The first kappa shape index (κ1) is 13.5. The van der Waals surface area contributed by atoms with Crippen molar-refractivity contribution in [3.63, 3.8) is 0 Å². The number of ether oxygens (including phenoxy) is 1. The molecule has 1 N–H and O–H groups in total. The van der Waals surface area contributed by atoms with Gasteiger partial charge in [0.2, 0.25) is 5.91 Å². The molecule has 92 valence electrons. The first-order valence-electron chi connectivity index (χ1n) is 5.74. The molecular weight excluding hydrogens is 214 g/mol. The van der Waals surface area contributed by atoms with Crippen LogP contribution in [0.4, 0.5) is 0 Å². The van der Waals surface area contributed by atoms with Crippen molar-refractivity contribution >= 4 is 11.5 Å². The molecule has 1 amide bonds. The molecule has 0 atom stereocenters. The predicted octanol–water partition coefficient (Wildman–Crippen LogP) is 2.24. The molecule has 0 radical (unpaired) electrons. The second kappa shape index (κ2) is 7.63. The number of hydrogen-bond donors (Lipinski definition) is 1. The van der Waals surface area contributed by atoms with Crippen LogP contribution < -0.4 is 5.32 Å². The number of hydrogen-bond acceptors (Lipinski definition) is 2. The standard InChI is InChI=1S/C14H19NO2/c1-12(13-7-4-3-5-8-13)11-14(16)15-9-6-10-17-2/h3-5,7-8,11H,6,9-10H2,1-2H3,(H,15,16)/b12-11+. The first-order valence-corrected chi connectivity index (χ1v) is 5.74. The minimum absolute atomic E-state index is 0.0533. The van der Waals surface area contributed by atoms with Crippen molar-refractivity contribution in [3.8, 4) is 0 Å². The van der Waals surface area contributed by atoms with Gasteiger partial charge in [0.1, 0.15) is 0 Å². The average molecular weight is 233 g/mol. The SMILES string of the molecule is COCCCNC(=O)/C=C(\C)c1ccccc1. The van der Waals surface area contributed by atoms with E-state index in [1.54, 1.807) is 13.2 Å². The lowest BCUT2D eigenvalue weighted by atomic mass is 10.1. The normalized spacial score (nSPS) is 11.3. The third-order valence-electron chi connectivity index (χ3n) is 2.40. The topological polar surface area (TPSA) is 38.3 Å². The lowest BCUT2D eigenvalue weighted by Crippen LogP contribution is -2.23. The zero-order valence-corrected chi connectivity index (χ0v) is 10.4. The summed E-state index contributed by atoms with van der Waals surface area (Å²) in [6.45, 7) is 3.25. The number of amides is 1. The number of rotatable bonds is 6. The molecule has 0 heterocycles. The molecule has 0 saturated carbocycles. The summed E-state index contributed by atoms with van der Waals surface area (Å²) in [6, 6.07) is 9.86. The van der Waals surface area contributed by atoms with E-state index in [4.69, 9.17) is 4.74 Å². The van der Waals surface area contributed by atoms with Crippen LogP contribution in [0, 0.1) is 0 Å². The molecule has 3 heteroatoms. The van der Waals surface area contributed by atoms with E-state index in [-0.39, 0.29) is 5.91 Å². The Morgan fingerprint density at radius 2 is 2.06 bits per heavy atom. The summed E-state index contributed by atoms with van der Waals surface area (Å²) in [7, 11) is 1.65. The van der Waals surface area contributed by atoms with Crippen molar-refractivity contribution in [1.29, 1.82) is 0 Å². The monoisotopic (exact) mass is 233 g/mol. The summed E-state index contributed by atoms with van der Waals surface area (Å²) < 4.78 is 4.91. The molecular formula is C14H19NO2. The van der Waals surface area contributed by atoms with Gasteiger partial charge in [0.15, 0.2) is 0 Å². The highest BCUT2D eigenvalue weighted by molar-refractivity contribution is 5.94. The number of methoxy groups -OCH3 is 1. The second-order valence-corrected chi connectivity index (χ2v) is 3.83. The van der Waals surface area contributed by atoms with E-state index in [1.165, 1.54) is 0 Å². The van der Waals surface area contributed by atoms with Gasteiger partial charge < -0.3 is 10.1 Å². The minimum Gasteiger partial charge on any atom is -0.385 e. The van der Waals surface area contributed by atoms with Gasteiger partial charge >= 0.3 is 0 Å². The smallest absolute Gasteiger partial charge is 0.244 e. The van der Waals surface area contributed by atoms with Crippen LogP contribution in [0.5, 0.6) is 0 Å². The second-order valence-electron chi connectivity index (χ2n) is 3.83. The Labute approximate surface area is 102 Å². The summed E-state index contributed by atoms with van der Waals surface area (Å²) in [4.78, 5) is 11.6. The molecule has 17 heavy (non-hydrogen) atoms. The van der Waals surface area contributed by atoms with Gasteiger partial charge in [0.25, 0.3) is 0 Å². The predicted molar refractivity (Wildman–Crippen MR) is 69.6 cm³/mol. The van der Waals surface area contributed by atoms with Crippen molar-refractivity contribution in [2.75, 3.05) is 20.3 Å². The minimum atomic E-state index is -0.0533. The zero-order valence-electron chi connectivity index (χ0n) is 10.4. The van der Waals surface area contributed by atoms with Crippen molar-refractivity contribution in [2.24, 2.45) is 0 Å². The number of carbonyl (C=O) groups is 1.